The summed E-state index contributed by atoms with van der Waals surface area (Å²) in [5.74, 6) is -2.67. The van der Waals surface area contributed by atoms with Crippen LogP contribution in [0.1, 0.15) is 48.5 Å². The monoisotopic (exact) mass is 404 g/mol. The van der Waals surface area contributed by atoms with Crippen LogP contribution in [0.2, 0.25) is 0 Å². The molecule has 0 aromatic heterocycles. The van der Waals surface area contributed by atoms with Gasteiger partial charge in [0.15, 0.2) is 24.6 Å². The number of ether oxygens (including phenoxy) is 6. The van der Waals surface area contributed by atoms with Crippen molar-refractivity contribution in [1.82, 2.24) is 0 Å². The lowest BCUT2D eigenvalue weighted by atomic mass is 9.99. The van der Waals surface area contributed by atoms with E-state index in [4.69, 9.17) is 28.4 Å². The second-order valence-electron chi connectivity index (χ2n) is 7.33. The van der Waals surface area contributed by atoms with Crippen LogP contribution in [0.5, 0.6) is 0 Å². The Bertz CT molecular complexity index is 594. The molecule has 0 radical (unpaired) electrons. The first-order chi connectivity index (χ1) is 12.8. The molecule has 0 N–H and O–H groups in total. The Hall–Kier alpha value is -2.20. The smallest absolute Gasteiger partial charge is 0.332 e. The summed E-state index contributed by atoms with van der Waals surface area (Å²) in [6.07, 6.45) is -5.50. The molecule has 0 amide bonds. The molecule has 160 valence electrons. The molecule has 10 nitrogen and oxygen atoms in total. The predicted octanol–water partition coefficient (Wildman–Crippen LogP) is 0.885. The highest BCUT2D eigenvalue weighted by atomic mass is 16.7. The lowest BCUT2D eigenvalue weighted by Gasteiger charge is -2.43. The van der Waals surface area contributed by atoms with Crippen molar-refractivity contribution in [3.63, 3.8) is 0 Å². The highest BCUT2D eigenvalue weighted by Gasteiger charge is 2.51. The van der Waals surface area contributed by atoms with Gasteiger partial charge in [-0.1, -0.05) is 0 Å². The van der Waals surface area contributed by atoms with Gasteiger partial charge in [0.05, 0.1) is 6.10 Å². The van der Waals surface area contributed by atoms with Gasteiger partial charge >= 0.3 is 23.9 Å². The third-order valence-corrected chi connectivity index (χ3v) is 3.42. The number of rotatable bonds is 6. The molecule has 10 heteroatoms. The molecule has 1 rings (SSSR count). The molecule has 0 aliphatic carbocycles. The summed E-state index contributed by atoms with van der Waals surface area (Å²) in [7, 11) is 0. The molecule has 0 unspecified atom stereocenters. The van der Waals surface area contributed by atoms with Crippen LogP contribution in [0, 0.1) is 0 Å². The minimum absolute atomic E-state index is 0.489. The van der Waals surface area contributed by atoms with Gasteiger partial charge in [-0.3, -0.25) is 14.4 Å². The van der Waals surface area contributed by atoms with Crippen LogP contribution in [0.15, 0.2) is 0 Å². The molecule has 28 heavy (non-hydrogen) atoms. The molecular formula is C18H28O10. The van der Waals surface area contributed by atoms with Crippen molar-refractivity contribution in [2.75, 3.05) is 6.61 Å². The van der Waals surface area contributed by atoms with Crippen molar-refractivity contribution in [2.24, 2.45) is 0 Å². The van der Waals surface area contributed by atoms with Crippen molar-refractivity contribution in [1.29, 1.82) is 0 Å². The highest BCUT2D eigenvalue weighted by Crippen LogP contribution is 2.29. The number of esters is 4. The van der Waals surface area contributed by atoms with Gasteiger partial charge in [0.1, 0.15) is 12.2 Å². The lowest BCUT2D eigenvalue weighted by Crippen LogP contribution is -2.61. The Balaban J connectivity index is 3.03. The second kappa shape index (κ2) is 9.83. The Morgan fingerprint density at radius 1 is 0.821 bits per heavy atom. The number of hydrogen-bond donors (Lipinski definition) is 0. The molecule has 5 atom stereocenters. The summed E-state index contributed by atoms with van der Waals surface area (Å²) < 4.78 is 31.8. The van der Waals surface area contributed by atoms with Crippen molar-refractivity contribution in [2.45, 2.75) is 84.8 Å². The van der Waals surface area contributed by atoms with E-state index in [1.807, 2.05) is 0 Å². The van der Waals surface area contributed by atoms with Crippen LogP contribution in [0.4, 0.5) is 0 Å². The minimum Gasteiger partial charge on any atom is -0.458 e. The van der Waals surface area contributed by atoms with Gasteiger partial charge < -0.3 is 28.4 Å². The number of hydrogen-bond acceptors (Lipinski definition) is 10. The SMILES string of the molecule is CC(=O)O[C@@H]1[C@@H](OC(C)=O)[C@H](C)O[C@@H](OCC(=O)OC(C)(C)C)[C@@H]1OC(C)=O. The molecule has 1 aliphatic rings. The van der Waals surface area contributed by atoms with Crippen molar-refractivity contribution in [3.8, 4) is 0 Å². The molecule has 1 fully saturated rings. The maximum absolute atomic E-state index is 11.9. The molecule has 0 saturated carbocycles. The number of carbonyl (C=O) groups excluding carboxylic acids is 4. The van der Waals surface area contributed by atoms with Crippen molar-refractivity contribution < 1.29 is 47.6 Å². The fourth-order valence-corrected chi connectivity index (χ4v) is 2.63. The number of carbonyl (C=O) groups is 4. The van der Waals surface area contributed by atoms with Crippen LogP contribution >= 0.6 is 0 Å². The first-order valence-electron chi connectivity index (χ1n) is 8.80. The van der Waals surface area contributed by atoms with Gasteiger partial charge in [0.2, 0.25) is 0 Å². The molecule has 0 aromatic carbocycles. The van der Waals surface area contributed by atoms with E-state index in [-0.39, 0.29) is 0 Å². The molecule has 1 aliphatic heterocycles. The van der Waals surface area contributed by atoms with Gasteiger partial charge in [-0.2, -0.15) is 0 Å². The first kappa shape index (κ1) is 23.8. The topological polar surface area (TPSA) is 124 Å². The van der Waals surface area contributed by atoms with Gasteiger partial charge in [-0.05, 0) is 27.7 Å². The maximum atomic E-state index is 11.9. The first-order valence-corrected chi connectivity index (χ1v) is 8.80. The van der Waals surface area contributed by atoms with E-state index in [0.29, 0.717) is 0 Å². The van der Waals surface area contributed by atoms with E-state index >= 15 is 0 Å². The normalized spacial score (nSPS) is 27.5. The minimum atomic E-state index is -1.26. The van der Waals surface area contributed by atoms with Gasteiger partial charge in [0.25, 0.3) is 0 Å². The summed E-state index contributed by atoms with van der Waals surface area (Å²) in [4.78, 5) is 46.4. The summed E-state index contributed by atoms with van der Waals surface area (Å²) in [5.41, 5.74) is -0.711. The second-order valence-corrected chi connectivity index (χ2v) is 7.33. The van der Waals surface area contributed by atoms with Crippen LogP contribution in [0.3, 0.4) is 0 Å². The molecule has 1 saturated heterocycles. The average Bonchev–Trinajstić information content (AvgIpc) is 2.49. The summed E-state index contributed by atoms with van der Waals surface area (Å²) in [6.45, 7) is 9.67. The lowest BCUT2D eigenvalue weighted by molar-refractivity contribution is -0.300. The van der Waals surface area contributed by atoms with E-state index in [9.17, 15) is 19.2 Å². The molecule has 0 bridgehead atoms. The van der Waals surface area contributed by atoms with Crippen LogP contribution in [0.25, 0.3) is 0 Å². The zero-order valence-electron chi connectivity index (χ0n) is 17.2. The van der Waals surface area contributed by atoms with Crippen LogP contribution < -0.4 is 0 Å². The zero-order valence-corrected chi connectivity index (χ0v) is 17.2. The quantitative estimate of drug-likeness (QED) is 0.465. The molecular weight excluding hydrogens is 376 g/mol. The largest absolute Gasteiger partial charge is 0.458 e. The Labute approximate surface area is 163 Å². The van der Waals surface area contributed by atoms with Crippen LogP contribution in [-0.4, -0.2) is 66.8 Å². The Morgan fingerprint density at radius 3 is 1.75 bits per heavy atom. The average molecular weight is 404 g/mol. The maximum Gasteiger partial charge on any atom is 0.332 e. The third-order valence-electron chi connectivity index (χ3n) is 3.42. The molecule has 1 heterocycles. The van der Waals surface area contributed by atoms with Gasteiger partial charge in [0, 0.05) is 20.8 Å². The van der Waals surface area contributed by atoms with E-state index in [2.05, 4.69) is 0 Å². The predicted molar refractivity (Wildman–Crippen MR) is 92.8 cm³/mol. The summed E-state index contributed by atoms with van der Waals surface area (Å²) >= 11 is 0. The molecule has 0 spiro atoms. The standard InChI is InChI=1S/C18H28O10/c1-9-14(25-10(2)19)15(26-11(3)20)16(27-12(4)21)17(24-9)23-8-13(22)28-18(5,6)7/h9,14-17H,8H2,1-7H3/t9-,14-,15+,16+,17+/m0/s1. The van der Waals surface area contributed by atoms with Crippen molar-refractivity contribution in [3.05, 3.63) is 0 Å². The Morgan fingerprint density at radius 2 is 1.29 bits per heavy atom. The van der Waals surface area contributed by atoms with E-state index in [1.54, 1.807) is 27.7 Å². The Kier molecular flexibility index (Phi) is 8.37. The van der Waals surface area contributed by atoms with Crippen molar-refractivity contribution >= 4 is 23.9 Å². The zero-order chi connectivity index (χ0) is 21.6. The highest BCUT2D eigenvalue weighted by molar-refractivity contribution is 5.71. The van der Waals surface area contributed by atoms with E-state index in [1.165, 1.54) is 6.92 Å². The fraction of sp³-hybridized carbons (Fsp3) is 0.778. The van der Waals surface area contributed by atoms with Gasteiger partial charge in [-0.25, -0.2) is 4.79 Å². The third kappa shape index (κ3) is 7.81. The molecule has 0 aromatic rings. The van der Waals surface area contributed by atoms with E-state index < -0.39 is 66.8 Å². The fourth-order valence-electron chi connectivity index (χ4n) is 2.63. The van der Waals surface area contributed by atoms with Gasteiger partial charge in [-0.15, -0.1) is 0 Å². The van der Waals surface area contributed by atoms with Crippen LogP contribution in [-0.2, 0) is 47.6 Å². The van der Waals surface area contributed by atoms with E-state index in [0.717, 1.165) is 13.8 Å². The summed E-state index contributed by atoms with van der Waals surface area (Å²) in [5, 5.41) is 0. The summed E-state index contributed by atoms with van der Waals surface area (Å²) in [6, 6.07) is 0.